The largest absolute Gasteiger partial charge is 0.508 e. The van der Waals surface area contributed by atoms with E-state index in [4.69, 9.17) is 0 Å². The fourth-order valence-electron chi connectivity index (χ4n) is 4.71. The number of hydrogen-bond acceptors (Lipinski definition) is 3. The van der Waals surface area contributed by atoms with E-state index in [0.29, 0.717) is 17.6 Å². The quantitative estimate of drug-likeness (QED) is 0.878. The number of rotatable bonds is 4. The maximum Gasteiger partial charge on any atom is 0.115 e. The van der Waals surface area contributed by atoms with Crippen LogP contribution in [0.15, 0.2) is 24.3 Å². The third kappa shape index (κ3) is 3.78. The van der Waals surface area contributed by atoms with Crippen molar-refractivity contribution in [1.29, 1.82) is 0 Å². The Morgan fingerprint density at radius 3 is 2.67 bits per heavy atom. The van der Waals surface area contributed by atoms with Crippen LogP contribution in [0.4, 0.5) is 0 Å². The molecule has 3 nitrogen and oxygen atoms in total. The van der Waals surface area contributed by atoms with Crippen LogP contribution < -0.4 is 0 Å². The van der Waals surface area contributed by atoms with Crippen LogP contribution in [-0.4, -0.2) is 40.9 Å². The molecule has 0 spiro atoms. The van der Waals surface area contributed by atoms with Crippen molar-refractivity contribution in [2.45, 2.75) is 63.9 Å². The summed E-state index contributed by atoms with van der Waals surface area (Å²) in [6.07, 6.45) is 7.22. The summed E-state index contributed by atoms with van der Waals surface area (Å²) in [5, 5.41) is 20.4. The van der Waals surface area contributed by atoms with E-state index >= 15 is 0 Å². The number of phenolic OH excluding ortho intramolecular Hbond substituents is 1. The van der Waals surface area contributed by atoms with Crippen LogP contribution in [0.5, 0.6) is 5.75 Å². The highest BCUT2D eigenvalue weighted by atomic mass is 16.3. The molecule has 1 aliphatic heterocycles. The van der Waals surface area contributed by atoms with E-state index in [1.54, 1.807) is 6.07 Å². The molecule has 2 N–H and O–H groups in total. The van der Waals surface area contributed by atoms with Crippen LogP contribution in [0.2, 0.25) is 0 Å². The Hall–Kier alpha value is -1.06. The second-order valence-corrected chi connectivity index (χ2v) is 8.34. The fourth-order valence-corrected chi connectivity index (χ4v) is 4.71. The molecule has 3 rings (SSSR count). The number of hydrogen-bond donors (Lipinski definition) is 2. The molecule has 1 aliphatic carbocycles. The second-order valence-electron chi connectivity index (χ2n) is 8.34. The van der Waals surface area contributed by atoms with E-state index in [1.165, 1.54) is 37.7 Å². The van der Waals surface area contributed by atoms with Crippen molar-refractivity contribution in [2.75, 3.05) is 19.6 Å². The van der Waals surface area contributed by atoms with Crippen molar-refractivity contribution < 1.29 is 10.2 Å². The van der Waals surface area contributed by atoms with Gasteiger partial charge in [-0.15, -0.1) is 0 Å². The highest BCUT2D eigenvalue weighted by molar-refractivity contribution is 5.33. The minimum atomic E-state index is -0.164. The van der Waals surface area contributed by atoms with Crippen LogP contribution in [0.1, 0.15) is 57.9 Å². The van der Waals surface area contributed by atoms with Gasteiger partial charge in [-0.05, 0) is 60.8 Å². The third-order valence-corrected chi connectivity index (χ3v) is 6.71. The summed E-state index contributed by atoms with van der Waals surface area (Å²) in [6.45, 7) is 7.51. The molecule has 0 bridgehead atoms. The lowest BCUT2D eigenvalue weighted by Crippen LogP contribution is -2.50. The van der Waals surface area contributed by atoms with Gasteiger partial charge in [-0.25, -0.2) is 0 Å². The highest BCUT2D eigenvalue weighted by Crippen LogP contribution is 2.40. The molecule has 1 saturated heterocycles. The molecule has 2 aliphatic rings. The van der Waals surface area contributed by atoms with E-state index in [0.717, 1.165) is 26.1 Å². The van der Waals surface area contributed by atoms with Gasteiger partial charge >= 0.3 is 0 Å². The van der Waals surface area contributed by atoms with Gasteiger partial charge in [0, 0.05) is 13.1 Å². The predicted octanol–water partition coefficient (Wildman–Crippen LogP) is 3.93. The molecule has 2 fully saturated rings. The van der Waals surface area contributed by atoms with E-state index in [2.05, 4.69) is 24.8 Å². The second kappa shape index (κ2) is 7.45. The molecule has 1 aromatic carbocycles. The Bertz CT molecular complexity index is 540. The number of aromatic hydroxyl groups is 1. The van der Waals surface area contributed by atoms with Gasteiger partial charge in [0.15, 0.2) is 0 Å². The van der Waals surface area contributed by atoms with E-state index < -0.39 is 0 Å². The number of likely N-dealkylation sites (tertiary alicyclic amines) is 1. The van der Waals surface area contributed by atoms with Crippen molar-refractivity contribution in [3.05, 3.63) is 29.8 Å². The monoisotopic (exact) mass is 331 g/mol. The number of piperidine rings is 1. The van der Waals surface area contributed by atoms with Gasteiger partial charge in [-0.3, -0.25) is 0 Å². The Morgan fingerprint density at radius 1 is 1.25 bits per heavy atom. The van der Waals surface area contributed by atoms with Crippen molar-refractivity contribution >= 4 is 0 Å². The molecule has 1 aromatic rings. The van der Waals surface area contributed by atoms with Gasteiger partial charge in [0.05, 0.1) is 6.10 Å². The Kier molecular flexibility index (Phi) is 5.51. The average Bonchev–Trinajstić information content (AvgIpc) is 2.59. The van der Waals surface area contributed by atoms with Crippen LogP contribution >= 0.6 is 0 Å². The lowest BCUT2D eigenvalue weighted by molar-refractivity contribution is 0.0207. The van der Waals surface area contributed by atoms with Gasteiger partial charge in [0.25, 0.3) is 0 Å². The first-order valence-corrected chi connectivity index (χ1v) is 9.69. The molecule has 134 valence electrons. The van der Waals surface area contributed by atoms with Gasteiger partial charge < -0.3 is 15.1 Å². The molecule has 1 heterocycles. The Labute approximate surface area is 146 Å². The van der Waals surface area contributed by atoms with Gasteiger partial charge in [-0.1, -0.05) is 45.2 Å². The number of phenols is 1. The molecule has 0 aromatic heterocycles. The van der Waals surface area contributed by atoms with Gasteiger partial charge in [0.2, 0.25) is 0 Å². The SMILES string of the molecule is C[C@H]1CN(C[C@@H](O)C2CCCCC2)CC[C@@]1(C)c1cccc(O)c1. The van der Waals surface area contributed by atoms with Crippen molar-refractivity contribution in [1.82, 2.24) is 4.90 Å². The maximum absolute atomic E-state index is 10.6. The molecular formula is C21H33NO2. The predicted molar refractivity (Wildman–Crippen MR) is 98.3 cm³/mol. The third-order valence-electron chi connectivity index (χ3n) is 6.71. The zero-order valence-electron chi connectivity index (χ0n) is 15.2. The number of benzene rings is 1. The number of aliphatic hydroxyl groups is 1. The van der Waals surface area contributed by atoms with E-state index in [9.17, 15) is 10.2 Å². The molecule has 0 amide bonds. The first-order valence-electron chi connectivity index (χ1n) is 9.69. The first-order chi connectivity index (χ1) is 11.5. The van der Waals surface area contributed by atoms with Gasteiger partial charge in [-0.2, -0.15) is 0 Å². The lowest BCUT2D eigenvalue weighted by Gasteiger charge is -2.46. The van der Waals surface area contributed by atoms with Gasteiger partial charge in [0.1, 0.15) is 5.75 Å². The Balaban J connectivity index is 1.60. The topological polar surface area (TPSA) is 43.7 Å². The van der Waals surface area contributed by atoms with Crippen LogP contribution in [0.25, 0.3) is 0 Å². The summed E-state index contributed by atoms with van der Waals surface area (Å²) in [5.41, 5.74) is 1.34. The Morgan fingerprint density at radius 2 is 2.00 bits per heavy atom. The van der Waals surface area contributed by atoms with Crippen LogP contribution in [-0.2, 0) is 5.41 Å². The minimum Gasteiger partial charge on any atom is -0.508 e. The minimum absolute atomic E-state index is 0.102. The standard InChI is InChI=1S/C21H33NO2/c1-16-14-22(15-20(24)17-7-4-3-5-8-17)12-11-21(16,2)18-9-6-10-19(23)13-18/h6,9-10,13,16-17,20,23-24H,3-5,7-8,11-12,14-15H2,1-2H3/t16-,20+,21+/m0/s1. The molecule has 3 heteroatoms. The first kappa shape index (κ1) is 17.8. The summed E-state index contributed by atoms with van der Waals surface area (Å²) < 4.78 is 0. The lowest BCUT2D eigenvalue weighted by atomic mass is 9.68. The molecule has 0 radical (unpaired) electrons. The number of nitrogens with zero attached hydrogens (tertiary/aromatic N) is 1. The smallest absolute Gasteiger partial charge is 0.115 e. The summed E-state index contributed by atoms with van der Waals surface area (Å²) in [6, 6.07) is 7.75. The highest BCUT2D eigenvalue weighted by Gasteiger charge is 2.38. The van der Waals surface area contributed by atoms with Crippen LogP contribution in [0.3, 0.4) is 0 Å². The molecule has 1 saturated carbocycles. The summed E-state index contributed by atoms with van der Waals surface area (Å²) in [5.74, 6) is 1.37. The van der Waals surface area contributed by atoms with Crippen molar-refractivity contribution in [3.63, 3.8) is 0 Å². The fraction of sp³-hybridized carbons (Fsp3) is 0.714. The van der Waals surface area contributed by atoms with E-state index in [1.807, 2.05) is 12.1 Å². The molecule has 24 heavy (non-hydrogen) atoms. The summed E-state index contributed by atoms with van der Waals surface area (Å²) >= 11 is 0. The molecule has 0 unspecified atom stereocenters. The average molecular weight is 331 g/mol. The summed E-state index contributed by atoms with van der Waals surface area (Å²) in [4.78, 5) is 2.45. The van der Waals surface area contributed by atoms with E-state index in [-0.39, 0.29) is 11.5 Å². The summed E-state index contributed by atoms with van der Waals surface area (Å²) in [7, 11) is 0. The zero-order valence-corrected chi connectivity index (χ0v) is 15.2. The zero-order chi connectivity index (χ0) is 17.2. The maximum atomic E-state index is 10.6. The van der Waals surface area contributed by atoms with Crippen LogP contribution in [0, 0.1) is 11.8 Å². The molecular weight excluding hydrogens is 298 g/mol. The normalized spacial score (nSPS) is 31.0. The van der Waals surface area contributed by atoms with Crippen molar-refractivity contribution in [2.24, 2.45) is 11.8 Å². The van der Waals surface area contributed by atoms with Crippen molar-refractivity contribution in [3.8, 4) is 5.75 Å². The number of β-amino-alcohol motifs (C(OH)–C–C–N with tert-alkyl or cyclic N) is 1. The molecule has 3 atom stereocenters. The number of aliphatic hydroxyl groups excluding tert-OH is 1.